The maximum atomic E-state index is 10.8. The van der Waals surface area contributed by atoms with Crippen LogP contribution in [0.2, 0.25) is 0 Å². The van der Waals surface area contributed by atoms with Gasteiger partial charge in [0.1, 0.15) is 6.61 Å². The van der Waals surface area contributed by atoms with Crippen LogP contribution >= 0.6 is 0 Å². The molecule has 98 valence electrons. The highest BCUT2D eigenvalue weighted by Crippen LogP contribution is 2.18. The van der Waals surface area contributed by atoms with Crippen LogP contribution in [0.4, 0.5) is 0 Å². The van der Waals surface area contributed by atoms with Gasteiger partial charge in [0.2, 0.25) is 0 Å². The van der Waals surface area contributed by atoms with Crippen LogP contribution in [0.25, 0.3) is 11.5 Å². The molecule has 0 aliphatic rings. The summed E-state index contributed by atoms with van der Waals surface area (Å²) < 4.78 is 31.2. The van der Waals surface area contributed by atoms with Crippen molar-refractivity contribution in [3.05, 3.63) is 35.7 Å². The highest BCUT2D eigenvalue weighted by Gasteiger charge is 2.11. The van der Waals surface area contributed by atoms with Crippen molar-refractivity contribution in [2.75, 3.05) is 6.26 Å². The minimum atomic E-state index is -3.55. The average molecular weight is 279 g/mol. The van der Waals surface area contributed by atoms with Crippen molar-refractivity contribution in [3.8, 4) is 17.5 Å². The largest absolute Gasteiger partial charge is 0.334 e. The summed E-state index contributed by atoms with van der Waals surface area (Å²) in [6.45, 7) is -0.291. The van der Waals surface area contributed by atoms with Crippen LogP contribution in [-0.2, 0) is 20.9 Å². The van der Waals surface area contributed by atoms with Gasteiger partial charge in [-0.3, -0.25) is 4.18 Å². The lowest BCUT2D eigenvalue weighted by Gasteiger charge is -1.95. The van der Waals surface area contributed by atoms with Gasteiger partial charge in [0.15, 0.2) is 5.82 Å². The quantitative estimate of drug-likeness (QED) is 0.771. The molecule has 1 aromatic heterocycles. The molecule has 0 atom stereocenters. The normalized spacial score (nSPS) is 11.2. The molecule has 0 bridgehead atoms. The van der Waals surface area contributed by atoms with Crippen molar-refractivity contribution in [3.63, 3.8) is 0 Å². The van der Waals surface area contributed by atoms with E-state index < -0.39 is 10.1 Å². The van der Waals surface area contributed by atoms with E-state index >= 15 is 0 Å². The van der Waals surface area contributed by atoms with E-state index in [-0.39, 0.29) is 18.3 Å². The van der Waals surface area contributed by atoms with Crippen molar-refractivity contribution in [2.24, 2.45) is 0 Å². The molecule has 8 heteroatoms. The van der Waals surface area contributed by atoms with E-state index in [9.17, 15) is 8.42 Å². The Morgan fingerprint density at radius 2 is 2.26 bits per heavy atom. The Hall–Kier alpha value is -2.24. The fraction of sp³-hybridized carbons (Fsp3) is 0.182. The van der Waals surface area contributed by atoms with Crippen LogP contribution < -0.4 is 0 Å². The molecule has 0 amide bonds. The Kier molecular flexibility index (Phi) is 3.59. The van der Waals surface area contributed by atoms with E-state index in [1.807, 2.05) is 6.07 Å². The van der Waals surface area contributed by atoms with Gasteiger partial charge in [0, 0.05) is 5.56 Å². The predicted molar refractivity (Wildman–Crippen MR) is 64.1 cm³/mol. The van der Waals surface area contributed by atoms with Gasteiger partial charge in [-0.15, -0.1) is 0 Å². The number of hydrogen-bond donors (Lipinski definition) is 0. The second-order valence-electron chi connectivity index (χ2n) is 3.67. The molecule has 0 spiro atoms. The minimum Gasteiger partial charge on any atom is -0.334 e. The van der Waals surface area contributed by atoms with Gasteiger partial charge in [-0.05, 0) is 18.2 Å². The van der Waals surface area contributed by atoms with Crippen LogP contribution in [0.1, 0.15) is 11.4 Å². The van der Waals surface area contributed by atoms with Crippen molar-refractivity contribution in [1.29, 1.82) is 5.26 Å². The van der Waals surface area contributed by atoms with E-state index in [1.54, 1.807) is 24.3 Å². The monoisotopic (exact) mass is 279 g/mol. The first kappa shape index (κ1) is 13.2. The Bertz CT molecular complexity index is 730. The van der Waals surface area contributed by atoms with Gasteiger partial charge >= 0.3 is 0 Å². The van der Waals surface area contributed by atoms with Gasteiger partial charge in [0.05, 0.1) is 17.9 Å². The Morgan fingerprint density at radius 3 is 2.95 bits per heavy atom. The third-order valence-electron chi connectivity index (χ3n) is 2.11. The molecule has 0 saturated heterocycles. The number of aromatic nitrogens is 2. The van der Waals surface area contributed by atoms with Gasteiger partial charge in [-0.1, -0.05) is 11.2 Å². The molecule has 0 radical (unpaired) electrons. The SMILES string of the molecule is CS(=O)(=O)OCc1noc(-c2cccc(C#N)c2)n1. The van der Waals surface area contributed by atoms with E-state index in [4.69, 9.17) is 9.78 Å². The molecule has 0 saturated carbocycles. The molecular formula is C11H9N3O4S. The maximum absolute atomic E-state index is 10.8. The Balaban J connectivity index is 2.19. The molecule has 0 aliphatic heterocycles. The lowest BCUT2D eigenvalue weighted by molar-refractivity contribution is 0.293. The van der Waals surface area contributed by atoms with Crippen LogP contribution in [0, 0.1) is 11.3 Å². The Labute approximate surface area is 109 Å². The highest BCUT2D eigenvalue weighted by atomic mass is 32.2. The molecule has 1 heterocycles. The van der Waals surface area contributed by atoms with E-state index in [1.165, 1.54) is 0 Å². The van der Waals surface area contributed by atoms with Crippen molar-refractivity contribution < 1.29 is 17.1 Å². The standard InChI is InChI=1S/C11H9N3O4S/c1-19(15,16)17-7-10-13-11(18-14-10)9-4-2-3-8(5-9)6-12/h2-5H,7H2,1H3. The summed E-state index contributed by atoms with van der Waals surface area (Å²) in [5.41, 5.74) is 1.04. The van der Waals surface area contributed by atoms with Crippen LogP contribution in [-0.4, -0.2) is 24.8 Å². The molecule has 0 aliphatic carbocycles. The number of nitrogens with zero attached hydrogens (tertiary/aromatic N) is 3. The lowest BCUT2D eigenvalue weighted by Crippen LogP contribution is -2.03. The second-order valence-corrected chi connectivity index (χ2v) is 5.32. The van der Waals surface area contributed by atoms with E-state index in [0.29, 0.717) is 11.1 Å². The first-order chi connectivity index (χ1) is 8.98. The molecule has 19 heavy (non-hydrogen) atoms. The summed E-state index contributed by atoms with van der Waals surface area (Å²) in [7, 11) is -3.55. The summed E-state index contributed by atoms with van der Waals surface area (Å²) in [6.07, 6.45) is 0.935. The molecule has 0 N–H and O–H groups in total. The summed E-state index contributed by atoms with van der Waals surface area (Å²) in [5.74, 6) is 0.312. The van der Waals surface area contributed by atoms with Crippen molar-refractivity contribution in [2.45, 2.75) is 6.61 Å². The van der Waals surface area contributed by atoms with Crippen molar-refractivity contribution in [1.82, 2.24) is 10.1 Å². The fourth-order valence-corrected chi connectivity index (χ4v) is 1.63. The predicted octanol–water partition coefficient (Wildman–Crippen LogP) is 1.08. The Morgan fingerprint density at radius 1 is 1.47 bits per heavy atom. The van der Waals surface area contributed by atoms with Crippen LogP contribution in [0.15, 0.2) is 28.8 Å². The smallest absolute Gasteiger partial charge is 0.264 e. The van der Waals surface area contributed by atoms with Gasteiger partial charge in [-0.2, -0.15) is 18.7 Å². The zero-order valence-electron chi connectivity index (χ0n) is 9.90. The summed E-state index contributed by atoms with van der Waals surface area (Å²) in [4.78, 5) is 3.98. The van der Waals surface area contributed by atoms with E-state index in [2.05, 4.69) is 14.3 Å². The number of rotatable bonds is 4. The van der Waals surface area contributed by atoms with Gasteiger partial charge < -0.3 is 4.52 Å². The van der Waals surface area contributed by atoms with Crippen LogP contribution in [0.5, 0.6) is 0 Å². The molecule has 2 aromatic rings. The van der Waals surface area contributed by atoms with Gasteiger partial charge in [-0.25, -0.2) is 0 Å². The minimum absolute atomic E-state index is 0.114. The lowest BCUT2D eigenvalue weighted by atomic mass is 10.1. The van der Waals surface area contributed by atoms with Gasteiger partial charge in [0.25, 0.3) is 16.0 Å². The third kappa shape index (κ3) is 3.61. The number of hydrogen-bond acceptors (Lipinski definition) is 7. The summed E-state index contributed by atoms with van der Waals surface area (Å²) >= 11 is 0. The summed E-state index contributed by atoms with van der Waals surface area (Å²) in [6, 6.07) is 8.62. The first-order valence-corrected chi connectivity index (χ1v) is 6.97. The third-order valence-corrected chi connectivity index (χ3v) is 2.65. The zero-order valence-corrected chi connectivity index (χ0v) is 10.7. The van der Waals surface area contributed by atoms with E-state index in [0.717, 1.165) is 6.26 Å². The van der Waals surface area contributed by atoms with Crippen molar-refractivity contribution >= 4 is 10.1 Å². The average Bonchev–Trinajstić information content (AvgIpc) is 2.84. The molecule has 2 rings (SSSR count). The fourth-order valence-electron chi connectivity index (χ4n) is 1.31. The second kappa shape index (κ2) is 5.17. The number of nitriles is 1. The first-order valence-electron chi connectivity index (χ1n) is 5.15. The highest BCUT2D eigenvalue weighted by molar-refractivity contribution is 7.85. The van der Waals surface area contributed by atoms with Crippen LogP contribution in [0.3, 0.4) is 0 Å². The molecule has 7 nitrogen and oxygen atoms in total. The maximum Gasteiger partial charge on any atom is 0.264 e. The molecule has 1 aromatic carbocycles. The summed E-state index contributed by atoms with van der Waals surface area (Å²) in [5, 5.41) is 12.4. The molecule has 0 unspecified atom stereocenters. The molecule has 0 fully saturated rings. The molecular weight excluding hydrogens is 270 g/mol. The topological polar surface area (TPSA) is 106 Å². The number of benzene rings is 1. The zero-order chi connectivity index (χ0) is 13.9.